The maximum absolute atomic E-state index is 12.0. The maximum atomic E-state index is 12.0. The summed E-state index contributed by atoms with van der Waals surface area (Å²) in [5, 5.41) is 0. The molecule has 0 saturated heterocycles. The van der Waals surface area contributed by atoms with Crippen LogP contribution in [0, 0.1) is 0 Å². The molecule has 6 heteroatoms. The van der Waals surface area contributed by atoms with Crippen molar-refractivity contribution in [3.63, 3.8) is 0 Å². The lowest BCUT2D eigenvalue weighted by Crippen LogP contribution is -2.14. The standard InChI is InChI=1S/C12H17F3N2O/c1-8(2)10-5-9(7-16)6-11(17-10)18-4-3-12(13,14)15/h5-6,8H,3-4,7,16H2,1-2H3. The third-order valence-corrected chi connectivity index (χ3v) is 2.34. The molecule has 1 heterocycles. The van der Waals surface area contributed by atoms with E-state index < -0.39 is 19.2 Å². The summed E-state index contributed by atoms with van der Waals surface area (Å²) in [4.78, 5) is 4.16. The van der Waals surface area contributed by atoms with Crippen LogP contribution in [0.25, 0.3) is 0 Å². The zero-order valence-corrected chi connectivity index (χ0v) is 10.4. The molecular formula is C12H17F3N2O. The van der Waals surface area contributed by atoms with E-state index in [1.165, 1.54) is 0 Å². The summed E-state index contributed by atoms with van der Waals surface area (Å²) in [7, 11) is 0. The Labute approximate surface area is 104 Å². The Kier molecular flexibility index (Phi) is 4.95. The van der Waals surface area contributed by atoms with Crippen LogP contribution in [-0.2, 0) is 6.54 Å². The first-order valence-electron chi connectivity index (χ1n) is 5.72. The third kappa shape index (κ3) is 4.91. The average Bonchev–Trinajstić information content (AvgIpc) is 2.26. The fourth-order valence-corrected chi connectivity index (χ4v) is 1.34. The highest BCUT2D eigenvalue weighted by atomic mass is 19.4. The number of rotatable bonds is 5. The van der Waals surface area contributed by atoms with Gasteiger partial charge in [0.05, 0.1) is 13.0 Å². The summed E-state index contributed by atoms with van der Waals surface area (Å²) in [5.74, 6) is 0.368. The molecule has 0 bridgehead atoms. The molecule has 0 aliphatic rings. The lowest BCUT2D eigenvalue weighted by Gasteiger charge is -2.12. The zero-order valence-electron chi connectivity index (χ0n) is 10.4. The van der Waals surface area contributed by atoms with Crippen molar-refractivity contribution < 1.29 is 17.9 Å². The van der Waals surface area contributed by atoms with E-state index in [9.17, 15) is 13.2 Å². The van der Waals surface area contributed by atoms with Crippen molar-refractivity contribution in [1.82, 2.24) is 4.98 Å². The number of hydrogen-bond donors (Lipinski definition) is 1. The van der Waals surface area contributed by atoms with Gasteiger partial charge in [0, 0.05) is 18.3 Å². The first kappa shape index (κ1) is 14.8. The van der Waals surface area contributed by atoms with Crippen LogP contribution in [0.1, 0.15) is 37.4 Å². The van der Waals surface area contributed by atoms with Crippen molar-refractivity contribution in [2.45, 2.75) is 38.9 Å². The van der Waals surface area contributed by atoms with Gasteiger partial charge in [0.1, 0.15) is 0 Å². The lowest BCUT2D eigenvalue weighted by molar-refractivity contribution is -0.139. The quantitative estimate of drug-likeness (QED) is 0.887. The van der Waals surface area contributed by atoms with E-state index >= 15 is 0 Å². The average molecular weight is 262 g/mol. The highest BCUT2D eigenvalue weighted by molar-refractivity contribution is 5.26. The van der Waals surface area contributed by atoms with Crippen LogP contribution in [0.15, 0.2) is 12.1 Å². The summed E-state index contributed by atoms with van der Waals surface area (Å²) >= 11 is 0. The van der Waals surface area contributed by atoms with Gasteiger partial charge in [-0.2, -0.15) is 13.2 Å². The molecule has 1 rings (SSSR count). The molecular weight excluding hydrogens is 245 g/mol. The first-order valence-corrected chi connectivity index (χ1v) is 5.72. The van der Waals surface area contributed by atoms with Crippen molar-refractivity contribution in [2.24, 2.45) is 5.73 Å². The maximum Gasteiger partial charge on any atom is 0.392 e. The van der Waals surface area contributed by atoms with E-state index in [-0.39, 0.29) is 11.8 Å². The molecule has 18 heavy (non-hydrogen) atoms. The molecule has 102 valence electrons. The van der Waals surface area contributed by atoms with Crippen molar-refractivity contribution in [3.05, 3.63) is 23.4 Å². The van der Waals surface area contributed by atoms with Gasteiger partial charge in [0.2, 0.25) is 5.88 Å². The predicted octanol–water partition coefficient (Wildman–Crippen LogP) is 2.99. The molecule has 0 unspecified atom stereocenters. The Morgan fingerprint density at radius 1 is 1.33 bits per heavy atom. The van der Waals surface area contributed by atoms with Crippen LogP contribution >= 0.6 is 0 Å². The smallest absolute Gasteiger partial charge is 0.392 e. The van der Waals surface area contributed by atoms with Gasteiger partial charge in [-0.15, -0.1) is 0 Å². The van der Waals surface area contributed by atoms with Crippen LogP contribution < -0.4 is 10.5 Å². The van der Waals surface area contributed by atoms with Gasteiger partial charge in [-0.1, -0.05) is 13.8 Å². The minimum Gasteiger partial charge on any atom is -0.477 e. The Bertz CT molecular complexity index is 391. The van der Waals surface area contributed by atoms with E-state index in [0.29, 0.717) is 6.54 Å². The Morgan fingerprint density at radius 2 is 2.00 bits per heavy atom. The van der Waals surface area contributed by atoms with Crippen LogP contribution in [0.4, 0.5) is 13.2 Å². The number of ether oxygens (including phenoxy) is 1. The largest absolute Gasteiger partial charge is 0.477 e. The van der Waals surface area contributed by atoms with Gasteiger partial charge in [-0.3, -0.25) is 0 Å². The molecule has 3 nitrogen and oxygen atoms in total. The van der Waals surface area contributed by atoms with Gasteiger partial charge >= 0.3 is 6.18 Å². The lowest BCUT2D eigenvalue weighted by atomic mass is 10.1. The van der Waals surface area contributed by atoms with Crippen LogP contribution in [0.2, 0.25) is 0 Å². The molecule has 1 aromatic rings. The molecule has 0 amide bonds. The van der Waals surface area contributed by atoms with Crippen LogP contribution in [0.5, 0.6) is 5.88 Å². The highest BCUT2D eigenvalue weighted by Crippen LogP contribution is 2.22. The van der Waals surface area contributed by atoms with Crippen LogP contribution in [0.3, 0.4) is 0 Å². The van der Waals surface area contributed by atoms with Crippen LogP contribution in [-0.4, -0.2) is 17.8 Å². The highest BCUT2D eigenvalue weighted by Gasteiger charge is 2.26. The Morgan fingerprint density at radius 3 is 2.50 bits per heavy atom. The van der Waals surface area contributed by atoms with Gasteiger partial charge < -0.3 is 10.5 Å². The molecule has 0 aliphatic heterocycles. The number of nitrogens with two attached hydrogens (primary N) is 1. The van der Waals surface area contributed by atoms with E-state index in [2.05, 4.69) is 4.98 Å². The number of alkyl halides is 3. The second-order valence-electron chi connectivity index (χ2n) is 4.31. The monoisotopic (exact) mass is 262 g/mol. The SMILES string of the molecule is CC(C)c1cc(CN)cc(OCCC(F)(F)F)n1. The minimum absolute atomic E-state index is 0.168. The second kappa shape index (κ2) is 6.04. The first-order chi connectivity index (χ1) is 8.31. The topological polar surface area (TPSA) is 48.1 Å². The Balaban J connectivity index is 2.73. The fourth-order valence-electron chi connectivity index (χ4n) is 1.34. The van der Waals surface area contributed by atoms with Crippen molar-refractivity contribution in [2.75, 3.05) is 6.61 Å². The van der Waals surface area contributed by atoms with Gasteiger partial charge in [-0.25, -0.2) is 4.98 Å². The fraction of sp³-hybridized carbons (Fsp3) is 0.583. The van der Waals surface area contributed by atoms with E-state index in [0.717, 1.165) is 11.3 Å². The molecule has 1 aromatic heterocycles. The second-order valence-corrected chi connectivity index (χ2v) is 4.31. The molecule has 0 spiro atoms. The van der Waals surface area contributed by atoms with Gasteiger partial charge in [0.15, 0.2) is 0 Å². The van der Waals surface area contributed by atoms with Gasteiger partial charge in [0.25, 0.3) is 0 Å². The van der Waals surface area contributed by atoms with E-state index in [1.54, 1.807) is 6.07 Å². The summed E-state index contributed by atoms with van der Waals surface area (Å²) in [6, 6.07) is 3.41. The third-order valence-electron chi connectivity index (χ3n) is 2.34. The van der Waals surface area contributed by atoms with Crippen molar-refractivity contribution in [3.8, 4) is 5.88 Å². The summed E-state index contributed by atoms with van der Waals surface area (Å²) in [6.07, 6.45) is -5.20. The van der Waals surface area contributed by atoms with E-state index in [4.69, 9.17) is 10.5 Å². The predicted molar refractivity (Wildman–Crippen MR) is 62.4 cm³/mol. The molecule has 0 radical (unpaired) electrons. The molecule has 0 fully saturated rings. The van der Waals surface area contributed by atoms with Crippen molar-refractivity contribution in [1.29, 1.82) is 0 Å². The molecule has 0 aromatic carbocycles. The number of halogens is 3. The molecule has 2 N–H and O–H groups in total. The van der Waals surface area contributed by atoms with Crippen molar-refractivity contribution >= 4 is 0 Å². The number of pyridine rings is 1. The van der Waals surface area contributed by atoms with E-state index in [1.807, 2.05) is 19.9 Å². The summed E-state index contributed by atoms with van der Waals surface area (Å²) in [6.45, 7) is 3.77. The number of nitrogens with zero attached hydrogens (tertiary/aromatic N) is 1. The zero-order chi connectivity index (χ0) is 13.8. The molecule has 0 saturated carbocycles. The number of hydrogen-bond acceptors (Lipinski definition) is 3. The molecule has 0 aliphatic carbocycles. The Hall–Kier alpha value is -1.30. The minimum atomic E-state index is -4.22. The molecule has 0 atom stereocenters. The summed E-state index contributed by atoms with van der Waals surface area (Å²) in [5.41, 5.74) is 7.09. The number of aromatic nitrogens is 1. The summed E-state index contributed by atoms with van der Waals surface area (Å²) < 4.78 is 41.0. The van der Waals surface area contributed by atoms with Gasteiger partial charge in [-0.05, 0) is 17.5 Å². The normalized spacial score (nSPS) is 11.9.